The van der Waals surface area contributed by atoms with Gasteiger partial charge in [0.15, 0.2) is 0 Å². The van der Waals surface area contributed by atoms with Gasteiger partial charge in [-0.25, -0.2) is 4.68 Å². The van der Waals surface area contributed by atoms with Crippen LogP contribution in [0.1, 0.15) is 16.8 Å². The first-order valence-electron chi connectivity index (χ1n) is 7.04. The SMILES string of the molecule is CN(C(=O)c1cnn(-c2ccc(Cl)cc2Cl)c1)C1CCNC1. The van der Waals surface area contributed by atoms with Crippen LogP contribution >= 0.6 is 23.2 Å². The van der Waals surface area contributed by atoms with E-state index >= 15 is 0 Å². The highest BCUT2D eigenvalue weighted by Crippen LogP contribution is 2.24. The number of carbonyl (C=O) groups excluding carboxylic acids is 1. The zero-order chi connectivity index (χ0) is 15.7. The van der Waals surface area contributed by atoms with Gasteiger partial charge < -0.3 is 10.2 Å². The summed E-state index contributed by atoms with van der Waals surface area (Å²) in [5.74, 6) is -0.0370. The second-order valence-corrected chi connectivity index (χ2v) is 6.18. The highest BCUT2D eigenvalue weighted by molar-refractivity contribution is 6.35. The van der Waals surface area contributed by atoms with E-state index < -0.39 is 0 Å². The fraction of sp³-hybridized carbons (Fsp3) is 0.333. The third-order valence-electron chi connectivity index (χ3n) is 3.89. The van der Waals surface area contributed by atoms with Gasteiger partial charge in [-0.05, 0) is 31.2 Å². The lowest BCUT2D eigenvalue weighted by Gasteiger charge is -2.22. The Balaban J connectivity index is 1.82. The van der Waals surface area contributed by atoms with Crippen molar-refractivity contribution in [3.8, 4) is 5.69 Å². The van der Waals surface area contributed by atoms with Gasteiger partial charge in [-0.3, -0.25) is 4.79 Å². The van der Waals surface area contributed by atoms with Crippen molar-refractivity contribution < 1.29 is 4.79 Å². The molecule has 1 saturated heterocycles. The summed E-state index contributed by atoms with van der Waals surface area (Å²) in [6.45, 7) is 1.78. The molecule has 1 aliphatic rings. The molecule has 0 radical (unpaired) electrons. The summed E-state index contributed by atoms with van der Waals surface area (Å²) in [5, 5.41) is 8.54. The van der Waals surface area contributed by atoms with E-state index in [1.165, 1.54) is 0 Å². The molecule has 2 heterocycles. The van der Waals surface area contributed by atoms with Crippen LogP contribution in [0.4, 0.5) is 0 Å². The van der Waals surface area contributed by atoms with Gasteiger partial charge >= 0.3 is 0 Å². The lowest BCUT2D eigenvalue weighted by molar-refractivity contribution is 0.0744. The molecule has 2 aromatic rings. The Kier molecular flexibility index (Phi) is 4.38. The molecule has 116 valence electrons. The first kappa shape index (κ1) is 15.3. The van der Waals surface area contributed by atoms with Crippen molar-refractivity contribution in [1.82, 2.24) is 20.0 Å². The summed E-state index contributed by atoms with van der Waals surface area (Å²) in [5.41, 5.74) is 1.23. The van der Waals surface area contributed by atoms with Crippen molar-refractivity contribution in [2.45, 2.75) is 12.5 Å². The molecule has 3 rings (SSSR count). The van der Waals surface area contributed by atoms with Gasteiger partial charge in [0.1, 0.15) is 0 Å². The topological polar surface area (TPSA) is 50.2 Å². The van der Waals surface area contributed by atoms with Crippen molar-refractivity contribution in [3.63, 3.8) is 0 Å². The van der Waals surface area contributed by atoms with Gasteiger partial charge in [-0.2, -0.15) is 5.10 Å². The number of carbonyl (C=O) groups is 1. The van der Waals surface area contributed by atoms with E-state index in [1.54, 1.807) is 40.2 Å². The third-order valence-corrected chi connectivity index (χ3v) is 4.43. The fourth-order valence-corrected chi connectivity index (χ4v) is 3.07. The second kappa shape index (κ2) is 6.28. The predicted molar refractivity (Wildman–Crippen MR) is 87.0 cm³/mol. The van der Waals surface area contributed by atoms with E-state index in [-0.39, 0.29) is 11.9 Å². The molecule has 1 aliphatic heterocycles. The number of nitrogens with one attached hydrogen (secondary N) is 1. The minimum atomic E-state index is -0.0370. The van der Waals surface area contributed by atoms with Gasteiger partial charge in [0.05, 0.1) is 22.5 Å². The quantitative estimate of drug-likeness (QED) is 0.935. The van der Waals surface area contributed by atoms with Crippen molar-refractivity contribution in [2.24, 2.45) is 0 Å². The molecule has 1 aromatic heterocycles. The molecule has 0 spiro atoms. The van der Waals surface area contributed by atoms with Crippen LogP contribution < -0.4 is 5.32 Å². The van der Waals surface area contributed by atoms with E-state index in [2.05, 4.69) is 10.4 Å². The normalized spacial score (nSPS) is 17.7. The number of hydrogen-bond acceptors (Lipinski definition) is 3. The van der Waals surface area contributed by atoms with Crippen LogP contribution in [0.5, 0.6) is 0 Å². The van der Waals surface area contributed by atoms with Crippen LogP contribution in [-0.4, -0.2) is 46.8 Å². The van der Waals surface area contributed by atoms with Gasteiger partial charge in [0.2, 0.25) is 0 Å². The minimum absolute atomic E-state index is 0.0370. The zero-order valence-corrected chi connectivity index (χ0v) is 13.6. The maximum absolute atomic E-state index is 12.5. The molecule has 1 N–H and O–H groups in total. The molecule has 0 bridgehead atoms. The fourth-order valence-electron chi connectivity index (χ4n) is 2.57. The molecule has 22 heavy (non-hydrogen) atoms. The van der Waals surface area contributed by atoms with Crippen molar-refractivity contribution in [3.05, 3.63) is 46.2 Å². The molecule has 1 amide bonds. The second-order valence-electron chi connectivity index (χ2n) is 5.33. The number of nitrogens with zero attached hydrogens (tertiary/aromatic N) is 3. The summed E-state index contributed by atoms with van der Waals surface area (Å²) in [7, 11) is 1.83. The number of benzene rings is 1. The minimum Gasteiger partial charge on any atom is -0.337 e. The first-order valence-corrected chi connectivity index (χ1v) is 7.80. The van der Waals surface area contributed by atoms with Crippen LogP contribution in [0.15, 0.2) is 30.6 Å². The number of likely N-dealkylation sites (N-methyl/N-ethyl adjacent to an activating group) is 1. The molecule has 1 fully saturated rings. The molecule has 1 atom stereocenters. The molecule has 0 aliphatic carbocycles. The predicted octanol–water partition coefficient (Wildman–Crippen LogP) is 2.61. The lowest BCUT2D eigenvalue weighted by Crippen LogP contribution is -2.38. The standard InChI is InChI=1S/C15H16Cl2N4O/c1-20(12-4-5-18-8-12)15(22)10-7-19-21(9-10)14-3-2-11(16)6-13(14)17/h2-3,6-7,9,12,18H,4-5,8H2,1H3. The zero-order valence-electron chi connectivity index (χ0n) is 12.1. The Bertz CT molecular complexity index is 695. The van der Waals surface area contributed by atoms with Crippen LogP contribution in [0.2, 0.25) is 10.0 Å². The number of rotatable bonds is 3. The van der Waals surface area contributed by atoms with Crippen LogP contribution in [-0.2, 0) is 0 Å². The van der Waals surface area contributed by atoms with Crippen molar-refractivity contribution in [1.29, 1.82) is 0 Å². The van der Waals surface area contributed by atoms with Crippen LogP contribution in [0, 0.1) is 0 Å². The van der Waals surface area contributed by atoms with Gasteiger partial charge in [-0.1, -0.05) is 23.2 Å². The van der Waals surface area contributed by atoms with E-state index in [1.807, 2.05) is 7.05 Å². The highest BCUT2D eigenvalue weighted by Gasteiger charge is 2.25. The van der Waals surface area contributed by atoms with Gasteiger partial charge in [0, 0.05) is 30.9 Å². The number of amides is 1. The number of halogens is 2. The average molecular weight is 339 g/mol. The number of hydrogen-bond donors (Lipinski definition) is 1. The summed E-state index contributed by atoms with van der Waals surface area (Å²) in [6.07, 6.45) is 4.22. The summed E-state index contributed by atoms with van der Waals surface area (Å²) in [6, 6.07) is 5.39. The molecule has 0 saturated carbocycles. The van der Waals surface area contributed by atoms with Crippen LogP contribution in [0.3, 0.4) is 0 Å². The smallest absolute Gasteiger partial charge is 0.257 e. The number of aromatic nitrogens is 2. The van der Waals surface area contributed by atoms with E-state index in [0.29, 0.717) is 21.3 Å². The van der Waals surface area contributed by atoms with E-state index in [9.17, 15) is 4.79 Å². The van der Waals surface area contributed by atoms with Crippen molar-refractivity contribution in [2.75, 3.05) is 20.1 Å². The monoisotopic (exact) mass is 338 g/mol. The van der Waals surface area contributed by atoms with E-state index in [4.69, 9.17) is 23.2 Å². The summed E-state index contributed by atoms with van der Waals surface area (Å²) in [4.78, 5) is 14.3. The van der Waals surface area contributed by atoms with Gasteiger partial charge in [-0.15, -0.1) is 0 Å². The molecular formula is C15H16Cl2N4O. The third kappa shape index (κ3) is 2.97. The largest absolute Gasteiger partial charge is 0.337 e. The molecular weight excluding hydrogens is 323 g/mol. The maximum atomic E-state index is 12.5. The molecule has 5 nitrogen and oxygen atoms in total. The average Bonchev–Trinajstić information content (AvgIpc) is 3.17. The Morgan fingerprint density at radius 1 is 1.45 bits per heavy atom. The summed E-state index contributed by atoms with van der Waals surface area (Å²) < 4.78 is 1.59. The van der Waals surface area contributed by atoms with E-state index in [0.717, 1.165) is 19.5 Å². The molecule has 1 unspecified atom stereocenters. The Labute approximate surface area is 138 Å². The lowest BCUT2D eigenvalue weighted by atomic mass is 10.2. The van der Waals surface area contributed by atoms with Crippen molar-refractivity contribution >= 4 is 29.1 Å². The Morgan fingerprint density at radius 2 is 2.27 bits per heavy atom. The Morgan fingerprint density at radius 3 is 2.95 bits per heavy atom. The highest BCUT2D eigenvalue weighted by atomic mass is 35.5. The molecule has 7 heteroatoms. The van der Waals surface area contributed by atoms with Gasteiger partial charge in [0.25, 0.3) is 5.91 Å². The van der Waals surface area contributed by atoms with Crippen LogP contribution in [0.25, 0.3) is 5.69 Å². The maximum Gasteiger partial charge on any atom is 0.257 e. The summed E-state index contributed by atoms with van der Waals surface area (Å²) >= 11 is 12.1. The molecule has 1 aromatic carbocycles. The Hall–Kier alpha value is -1.56. The first-order chi connectivity index (χ1) is 10.6.